The predicted octanol–water partition coefficient (Wildman–Crippen LogP) is 4.82. The molecule has 0 N–H and O–H groups in total. The van der Waals surface area contributed by atoms with Gasteiger partial charge in [-0.2, -0.15) is 0 Å². The molecule has 1 aliphatic carbocycles. The van der Waals surface area contributed by atoms with Crippen molar-refractivity contribution in [3.05, 3.63) is 0 Å². The summed E-state index contributed by atoms with van der Waals surface area (Å²) in [6.45, 7) is 7.82. The van der Waals surface area contributed by atoms with Gasteiger partial charge in [0, 0.05) is 11.0 Å². The molecule has 0 unspecified atom stereocenters. The molecule has 0 bridgehead atoms. The molecule has 96 valence electrons. The zero-order chi connectivity index (χ0) is 12.0. The topological polar surface area (TPSA) is 9.23 Å². The fraction of sp³-hybridized carbons (Fsp3) is 1.00. The van der Waals surface area contributed by atoms with Crippen LogP contribution in [0.3, 0.4) is 0 Å². The Bertz CT molecular complexity index is 183. The van der Waals surface area contributed by atoms with Crippen molar-refractivity contribution in [2.45, 2.75) is 64.9 Å². The first kappa shape index (κ1) is 14.7. The second-order valence-corrected chi connectivity index (χ2v) is 6.46. The van der Waals surface area contributed by atoms with E-state index in [0.717, 1.165) is 18.4 Å². The summed E-state index contributed by atoms with van der Waals surface area (Å²) in [5, 5.41) is 0. The fourth-order valence-corrected chi connectivity index (χ4v) is 3.42. The maximum Gasteiger partial charge on any atom is 0.0771 e. The molecule has 0 radical (unpaired) electrons. The average molecular weight is 338 g/mol. The summed E-state index contributed by atoms with van der Waals surface area (Å²) in [6.07, 6.45) is 7.88. The number of hydrogen-bond acceptors (Lipinski definition) is 1. The van der Waals surface area contributed by atoms with Gasteiger partial charge < -0.3 is 4.74 Å². The molecular formula is C14H27IO. The monoisotopic (exact) mass is 338 g/mol. The van der Waals surface area contributed by atoms with E-state index in [2.05, 4.69) is 43.4 Å². The Morgan fingerprint density at radius 3 is 2.38 bits per heavy atom. The molecule has 0 amide bonds. The smallest absolute Gasteiger partial charge is 0.0771 e. The van der Waals surface area contributed by atoms with E-state index in [0.29, 0.717) is 0 Å². The van der Waals surface area contributed by atoms with Gasteiger partial charge in [0.1, 0.15) is 0 Å². The molecule has 0 aromatic rings. The van der Waals surface area contributed by atoms with E-state index in [-0.39, 0.29) is 5.60 Å². The molecule has 1 nitrogen and oxygen atoms in total. The third-order valence-corrected chi connectivity index (χ3v) is 5.33. The molecular weight excluding hydrogens is 311 g/mol. The summed E-state index contributed by atoms with van der Waals surface area (Å²) in [5.74, 6) is 1.73. The van der Waals surface area contributed by atoms with Crippen LogP contribution in [0.2, 0.25) is 0 Å². The third kappa shape index (κ3) is 4.52. The summed E-state index contributed by atoms with van der Waals surface area (Å²) in [6, 6.07) is 0. The van der Waals surface area contributed by atoms with Gasteiger partial charge in [0.05, 0.1) is 5.60 Å². The normalized spacial score (nSPS) is 30.9. The number of ether oxygens (including phenoxy) is 1. The van der Waals surface area contributed by atoms with E-state index in [1.807, 2.05) is 0 Å². The van der Waals surface area contributed by atoms with Crippen LogP contribution in [0.5, 0.6) is 0 Å². The number of hydrogen-bond donors (Lipinski definition) is 0. The Morgan fingerprint density at radius 2 is 1.94 bits per heavy atom. The van der Waals surface area contributed by atoms with E-state index in [9.17, 15) is 0 Å². The van der Waals surface area contributed by atoms with Gasteiger partial charge in [-0.05, 0) is 43.9 Å². The lowest BCUT2D eigenvalue weighted by atomic mass is 9.79. The molecule has 16 heavy (non-hydrogen) atoms. The summed E-state index contributed by atoms with van der Waals surface area (Å²) in [4.78, 5) is 0. The van der Waals surface area contributed by atoms with Gasteiger partial charge in [0.25, 0.3) is 0 Å². The Hall–Kier alpha value is 0.690. The first-order valence-corrected chi connectivity index (χ1v) is 8.34. The quantitative estimate of drug-likeness (QED) is 0.498. The average Bonchev–Trinajstić information content (AvgIpc) is 2.29. The maximum absolute atomic E-state index is 6.22. The molecule has 0 aliphatic heterocycles. The Balaban J connectivity index is 2.34. The van der Waals surface area contributed by atoms with Crippen LogP contribution in [0.4, 0.5) is 0 Å². The number of alkyl halides is 1. The minimum Gasteiger partial charge on any atom is -0.374 e. The van der Waals surface area contributed by atoms with E-state index in [1.54, 1.807) is 0 Å². The lowest BCUT2D eigenvalue weighted by molar-refractivity contribution is -0.0622. The zero-order valence-corrected chi connectivity index (χ0v) is 13.3. The highest BCUT2D eigenvalue weighted by Gasteiger charge is 2.34. The van der Waals surface area contributed by atoms with Crippen molar-refractivity contribution in [1.29, 1.82) is 0 Å². The Morgan fingerprint density at radius 1 is 1.31 bits per heavy atom. The van der Waals surface area contributed by atoms with Crippen molar-refractivity contribution >= 4 is 22.6 Å². The van der Waals surface area contributed by atoms with E-state index in [1.165, 1.54) is 43.0 Å². The maximum atomic E-state index is 6.22. The molecule has 0 spiro atoms. The van der Waals surface area contributed by atoms with Gasteiger partial charge in [-0.25, -0.2) is 0 Å². The van der Waals surface area contributed by atoms with Crippen molar-refractivity contribution < 1.29 is 4.74 Å². The van der Waals surface area contributed by atoms with Crippen molar-refractivity contribution in [1.82, 2.24) is 0 Å². The highest BCUT2D eigenvalue weighted by molar-refractivity contribution is 14.1. The predicted molar refractivity (Wildman–Crippen MR) is 79.3 cm³/mol. The van der Waals surface area contributed by atoms with Crippen LogP contribution >= 0.6 is 22.6 Å². The van der Waals surface area contributed by atoms with Gasteiger partial charge in [0.15, 0.2) is 0 Å². The van der Waals surface area contributed by atoms with Crippen LogP contribution in [-0.2, 0) is 4.74 Å². The second-order valence-electron chi connectivity index (χ2n) is 5.70. The van der Waals surface area contributed by atoms with Gasteiger partial charge in [-0.1, -0.05) is 49.8 Å². The van der Waals surface area contributed by atoms with Gasteiger partial charge in [-0.15, -0.1) is 0 Å². The minimum atomic E-state index is 0.223. The van der Waals surface area contributed by atoms with E-state index in [4.69, 9.17) is 4.74 Å². The summed E-state index contributed by atoms with van der Waals surface area (Å²) in [7, 11) is 0. The van der Waals surface area contributed by atoms with Crippen LogP contribution in [-0.4, -0.2) is 16.6 Å². The molecule has 0 atom stereocenters. The van der Waals surface area contributed by atoms with Crippen molar-refractivity contribution in [2.75, 3.05) is 11.0 Å². The van der Waals surface area contributed by atoms with Gasteiger partial charge in [-0.3, -0.25) is 0 Å². The number of rotatable bonds is 6. The highest BCUT2D eigenvalue weighted by Crippen LogP contribution is 2.37. The van der Waals surface area contributed by atoms with Gasteiger partial charge >= 0.3 is 0 Å². The zero-order valence-electron chi connectivity index (χ0n) is 11.1. The molecule has 0 saturated heterocycles. The second kappa shape index (κ2) is 7.20. The largest absolute Gasteiger partial charge is 0.374 e. The number of halogens is 1. The summed E-state index contributed by atoms with van der Waals surface area (Å²) < 4.78 is 7.38. The van der Waals surface area contributed by atoms with E-state index >= 15 is 0 Å². The van der Waals surface area contributed by atoms with Crippen molar-refractivity contribution in [2.24, 2.45) is 11.8 Å². The molecule has 0 aromatic heterocycles. The van der Waals surface area contributed by atoms with Crippen LogP contribution < -0.4 is 0 Å². The molecule has 1 fully saturated rings. The minimum absolute atomic E-state index is 0.223. The lowest BCUT2D eigenvalue weighted by Crippen LogP contribution is -2.39. The molecule has 1 rings (SSSR count). The van der Waals surface area contributed by atoms with Crippen LogP contribution in [0.15, 0.2) is 0 Å². The van der Waals surface area contributed by atoms with Crippen molar-refractivity contribution in [3.63, 3.8) is 0 Å². The molecule has 1 saturated carbocycles. The van der Waals surface area contributed by atoms with Crippen LogP contribution in [0, 0.1) is 11.8 Å². The molecule has 0 heterocycles. The van der Waals surface area contributed by atoms with Crippen LogP contribution in [0.1, 0.15) is 59.3 Å². The lowest BCUT2D eigenvalue weighted by Gasteiger charge is -2.39. The first-order valence-electron chi connectivity index (χ1n) is 6.82. The Labute approximate surface area is 115 Å². The highest BCUT2D eigenvalue weighted by atomic mass is 127. The van der Waals surface area contributed by atoms with E-state index < -0.39 is 0 Å². The molecule has 1 aliphatic rings. The fourth-order valence-electron chi connectivity index (χ4n) is 2.44. The summed E-state index contributed by atoms with van der Waals surface area (Å²) in [5.41, 5.74) is 0.223. The third-order valence-electron chi connectivity index (χ3n) is 3.94. The standard InChI is InChI=1S/C14H27IO/c1-4-13-5-8-14(11-15,9-6-13)16-10-7-12(2)3/h12-13H,4-11H2,1-3H3. The Kier molecular flexibility index (Phi) is 6.63. The first-order chi connectivity index (χ1) is 7.62. The molecule has 2 heteroatoms. The molecule has 0 aromatic carbocycles. The van der Waals surface area contributed by atoms with Gasteiger partial charge in [0.2, 0.25) is 0 Å². The summed E-state index contributed by atoms with van der Waals surface area (Å²) >= 11 is 2.51. The SMILES string of the molecule is CCC1CCC(CI)(OCCC(C)C)CC1. The van der Waals surface area contributed by atoms with Crippen molar-refractivity contribution in [3.8, 4) is 0 Å². The van der Waals surface area contributed by atoms with Crippen LogP contribution in [0.25, 0.3) is 0 Å².